The van der Waals surface area contributed by atoms with E-state index in [1.54, 1.807) is 0 Å². The maximum Gasteiger partial charge on any atom is 0.249 e. The van der Waals surface area contributed by atoms with Gasteiger partial charge >= 0.3 is 0 Å². The highest BCUT2D eigenvalue weighted by Crippen LogP contribution is 2.42. The Morgan fingerprint density at radius 1 is 1.22 bits per heavy atom. The molecule has 0 aliphatic carbocycles. The van der Waals surface area contributed by atoms with Gasteiger partial charge in [-0.25, -0.2) is 0 Å². The Labute approximate surface area is 160 Å². The van der Waals surface area contributed by atoms with Gasteiger partial charge in [0.1, 0.15) is 12.7 Å². The summed E-state index contributed by atoms with van der Waals surface area (Å²) in [5.41, 5.74) is 0.591. The highest BCUT2D eigenvalue weighted by atomic mass is 16.5. The van der Waals surface area contributed by atoms with Gasteiger partial charge in [0.05, 0.1) is 5.54 Å². The van der Waals surface area contributed by atoms with Crippen LogP contribution in [0.15, 0.2) is 30.3 Å². The third-order valence-electron chi connectivity index (χ3n) is 6.49. The van der Waals surface area contributed by atoms with Gasteiger partial charge in [-0.3, -0.25) is 9.59 Å². The molecular weight excluding hydrogens is 344 g/mol. The molecule has 0 radical (unpaired) electrons. The molecule has 4 rings (SSSR count). The van der Waals surface area contributed by atoms with Crippen molar-refractivity contribution in [3.05, 3.63) is 35.9 Å². The fraction of sp³-hybridized carbons (Fsp3) is 0.619. The summed E-state index contributed by atoms with van der Waals surface area (Å²) in [6.07, 6.45) is 3.01. The number of morpholine rings is 1. The van der Waals surface area contributed by atoms with E-state index in [4.69, 9.17) is 9.47 Å². The second-order valence-corrected chi connectivity index (χ2v) is 7.89. The van der Waals surface area contributed by atoms with Gasteiger partial charge in [-0.05, 0) is 30.7 Å². The van der Waals surface area contributed by atoms with Crippen LogP contribution < -0.4 is 0 Å². The van der Waals surface area contributed by atoms with Crippen molar-refractivity contribution in [3.63, 3.8) is 0 Å². The number of ether oxygens (including phenoxy) is 2. The number of piperidine rings is 1. The van der Waals surface area contributed by atoms with Gasteiger partial charge in [-0.1, -0.05) is 30.3 Å². The fourth-order valence-corrected chi connectivity index (χ4v) is 4.78. The van der Waals surface area contributed by atoms with Crippen molar-refractivity contribution in [2.75, 3.05) is 40.0 Å². The summed E-state index contributed by atoms with van der Waals surface area (Å²) in [6, 6.07) is 10.1. The van der Waals surface area contributed by atoms with E-state index < -0.39 is 5.54 Å². The molecule has 6 nitrogen and oxygen atoms in total. The third-order valence-corrected chi connectivity index (χ3v) is 6.49. The number of nitrogens with zero attached hydrogens (tertiary/aromatic N) is 2. The lowest BCUT2D eigenvalue weighted by Crippen LogP contribution is -2.67. The number of amides is 2. The van der Waals surface area contributed by atoms with E-state index in [1.165, 1.54) is 0 Å². The number of fused-ring (bicyclic) bond motifs is 1. The second-order valence-electron chi connectivity index (χ2n) is 7.89. The molecule has 3 saturated heterocycles. The minimum atomic E-state index is -0.494. The van der Waals surface area contributed by atoms with Gasteiger partial charge in [-0.2, -0.15) is 0 Å². The van der Waals surface area contributed by atoms with Crippen LogP contribution in [0.5, 0.6) is 0 Å². The Kier molecular flexibility index (Phi) is 5.19. The molecule has 1 aromatic rings. The molecule has 146 valence electrons. The van der Waals surface area contributed by atoms with Crippen molar-refractivity contribution < 1.29 is 19.1 Å². The number of carbonyl (C=O) groups excluding carboxylic acids is 2. The van der Waals surface area contributed by atoms with Crippen LogP contribution in [-0.4, -0.2) is 67.7 Å². The predicted octanol–water partition coefficient (Wildman–Crippen LogP) is 1.79. The maximum absolute atomic E-state index is 12.9. The SMILES string of the molecule is CN1C(=O)CO[C@@H]2CN(C(=O)CC3CCOCC3)CC[C@]21c1ccccc1. The Morgan fingerprint density at radius 2 is 1.96 bits per heavy atom. The van der Waals surface area contributed by atoms with Crippen LogP contribution >= 0.6 is 0 Å². The largest absolute Gasteiger partial charge is 0.381 e. The zero-order valence-corrected chi connectivity index (χ0v) is 15.9. The first-order valence-corrected chi connectivity index (χ1v) is 9.90. The third kappa shape index (κ3) is 3.36. The van der Waals surface area contributed by atoms with Crippen molar-refractivity contribution in [2.45, 2.75) is 37.3 Å². The van der Waals surface area contributed by atoms with Crippen molar-refractivity contribution in [3.8, 4) is 0 Å². The molecule has 0 unspecified atom stereocenters. The minimum absolute atomic E-state index is 0.00270. The Hall–Kier alpha value is -1.92. The maximum atomic E-state index is 12.9. The zero-order chi connectivity index (χ0) is 18.9. The monoisotopic (exact) mass is 372 g/mol. The number of hydrogen-bond acceptors (Lipinski definition) is 4. The van der Waals surface area contributed by atoms with E-state index in [1.807, 2.05) is 35.0 Å². The summed E-state index contributed by atoms with van der Waals surface area (Å²) in [7, 11) is 1.87. The average molecular weight is 372 g/mol. The van der Waals surface area contributed by atoms with Gasteiger partial charge < -0.3 is 19.3 Å². The van der Waals surface area contributed by atoms with Gasteiger partial charge in [0.2, 0.25) is 11.8 Å². The van der Waals surface area contributed by atoms with Crippen LogP contribution in [0.1, 0.15) is 31.2 Å². The molecule has 2 atom stereocenters. The molecule has 3 aliphatic rings. The molecule has 0 bridgehead atoms. The summed E-state index contributed by atoms with van der Waals surface area (Å²) >= 11 is 0. The molecule has 3 aliphatic heterocycles. The molecule has 1 aromatic carbocycles. The molecule has 0 spiro atoms. The van der Waals surface area contributed by atoms with E-state index in [-0.39, 0.29) is 24.5 Å². The van der Waals surface area contributed by atoms with E-state index in [2.05, 4.69) is 12.1 Å². The lowest BCUT2D eigenvalue weighted by Gasteiger charge is -2.54. The standard InChI is InChI=1S/C21H28N2O4/c1-22-20(25)15-27-18-14-23(19(24)13-16-7-11-26-12-8-16)10-9-21(18,22)17-5-3-2-4-6-17/h2-6,16,18H,7-15H2,1H3/t18-,21+/m1/s1. The van der Waals surface area contributed by atoms with Crippen molar-refractivity contribution in [1.82, 2.24) is 9.80 Å². The lowest BCUT2D eigenvalue weighted by molar-refractivity contribution is -0.184. The van der Waals surface area contributed by atoms with E-state index in [0.29, 0.717) is 31.8 Å². The summed E-state index contributed by atoms with van der Waals surface area (Å²) in [5.74, 6) is 0.618. The topological polar surface area (TPSA) is 59.1 Å². The number of likely N-dealkylation sites (N-methyl/N-ethyl adjacent to an activating group) is 1. The molecule has 2 amide bonds. The lowest BCUT2D eigenvalue weighted by atomic mass is 9.76. The second kappa shape index (κ2) is 7.60. The summed E-state index contributed by atoms with van der Waals surface area (Å²) in [5, 5.41) is 0. The van der Waals surface area contributed by atoms with Crippen molar-refractivity contribution >= 4 is 11.8 Å². The van der Waals surface area contributed by atoms with E-state index >= 15 is 0 Å². The number of carbonyl (C=O) groups is 2. The molecular formula is C21H28N2O4. The van der Waals surface area contributed by atoms with Gasteiger partial charge in [0.25, 0.3) is 0 Å². The normalized spacial score (nSPS) is 29.5. The zero-order valence-electron chi connectivity index (χ0n) is 15.9. The molecule has 0 aromatic heterocycles. The van der Waals surface area contributed by atoms with Crippen molar-refractivity contribution in [1.29, 1.82) is 0 Å². The smallest absolute Gasteiger partial charge is 0.249 e. The molecule has 6 heteroatoms. The molecule has 3 fully saturated rings. The Bertz CT molecular complexity index is 689. The van der Waals surface area contributed by atoms with Gasteiger partial charge in [-0.15, -0.1) is 0 Å². The quantitative estimate of drug-likeness (QED) is 0.812. The predicted molar refractivity (Wildman–Crippen MR) is 100.0 cm³/mol. The molecule has 3 heterocycles. The first-order valence-electron chi connectivity index (χ1n) is 9.90. The Balaban J connectivity index is 1.52. The van der Waals surface area contributed by atoms with Crippen LogP contribution in [0.4, 0.5) is 0 Å². The number of benzene rings is 1. The van der Waals surface area contributed by atoms with Crippen LogP contribution in [-0.2, 0) is 24.6 Å². The molecule has 0 saturated carbocycles. The number of rotatable bonds is 3. The molecule has 0 N–H and O–H groups in total. The van der Waals surface area contributed by atoms with E-state index in [9.17, 15) is 9.59 Å². The minimum Gasteiger partial charge on any atom is -0.381 e. The summed E-state index contributed by atoms with van der Waals surface area (Å²) < 4.78 is 11.4. The summed E-state index contributed by atoms with van der Waals surface area (Å²) in [6.45, 7) is 2.78. The average Bonchev–Trinajstić information content (AvgIpc) is 2.72. The molecule has 27 heavy (non-hydrogen) atoms. The number of likely N-dealkylation sites (tertiary alicyclic amines) is 1. The van der Waals surface area contributed by atoms with Gasteiger partial charge in [0.15, 0.2) is 0 Å². The first-order chi connectivity index (χ1) is 13.1. The Morgan fingerprint density at radius 3 is 2.70 bits per heavy atom. The highest BCUT2D eigenvalue weighted by Gasteiger charge is 2.53. The first kappa shape index (κ1) is 18.4. The van der Waals surface area contributed by atoms with Crippen LogP contribution in [0.2, 0.25) is 0 Å². The van der Waals surface area contributed by atoms with Crippen LogP contribution in [0, 0.1) is 5.92 Å². The van der Waals surface area contributed by atoms with E-state index in [0.717, 1.165) is 31.6 Å². The number of hydrogen-bond donors (Lipinski definition) is 0. The fourth-order valence-electron chi connectivity index (χ4n) is 4.78. The summed E-state index contributed by atoms with van der Waals surface area (Å²) in [4.78, 5) is 29.1. The van der Waals surface area contributed by atoms with Crippen molar-refractivity contribution in [2.24, 2.45) is 5.92 Å². The highest BCUT2D eigenvalue weighted by molar-refractivity contribution is 5.80. The van der Waals surface area contributed by atoms with Gasteiger partial charge in [0, 0.05) is 39.8 Å². The van der Waals surface area contributed by atoms with Crippen LogP contribution in [0.3, 0.4) is 0 Å². The van der Waals surface area contributed by atoms with Crippen LogP contribution in [0.25, 0.3) is 0 Å².